The van der Waals surface area contributed by atoms with E-state index in [0.29, 0.717) is 5.15 Å². The lowest BCUT2D eigenvalue weighted by Gasteiger charge is -2.04. The molecule has 0 saturated heterocycles. The summed E-state index contributed by atoms with van der Waals surface area (Å²) in [5.41, 5.74) is 0. The minimum Gasteiger partial charge on any atom is -0.321 e. The van der Waals surface area contributed by atoms with Gasteiger partial charge >= 0.3 is 0 Å². The molecule has 1 rings (SSSR count). The molecule has 0 atom stereocenters. The maximum absolute atomic E-state index is 5.88. The van der Waals surface area contributed by atoms with E-state index in [9.17, 15) is 0 Å². The van der Waals surface area contributed by atoms with Crippen molar-refractivity contribution >= 4 is 23.4 Å². The summed E-state index contributed by atoms with van der Waals surface area (Å²) < 4.78 is 1.90. The Balaban J connectivity index is 2.12. The molecular formula is C10H18ClN3S. The average Bonchev–Trinajstić information content (AvgIpc) is 2.54. The molecular weight excluding hydrogens is 230 g/mol. The molecule has 0 bridgehead atoms. The fraction of sp³-hybridized carbons (Fsp3) is 0.700. The molecule has 0 amide bonds. The third-order valence-electron chi connectivity index (χ3n) is 2.26. The van der Waals surface area contributed by atoms with Crippen LogP contribution in [-0.2, 0) is 13.6 Å². The van der Waals surface area contributed by atoms with E-state index in [1.165, 1.54) is 18.6 Å². The van der Waals surface area contributed by atoms with E-state index < -0.39 is 0 Å². The van der Waals surface area contributed by atoms with Crippen molar-refractivity contribution in [1.82, 2.24) is 14.9 Å². The fourth-order valence-corrected chi connectivity index (χ4v) is 1.92. The van der Waals surface area contributed by atoms with E-state index in [2.05, 4.69) is 16.6 Å². The molecule has 0 aliphatic carbocycles. The van der Waals surface area contributed by atoms with Crippen LogP contribution in [-0.4, -0.2) is 28.1 Å². The van der Waals surface area contributed by atoms with Gasteiger partial charge in [0, 0.05) is 7.05 Å². The van der Waals surface area contributed by atoms with Crippen LogP contribution in [0.25, 0.3) is 0 Å². The molecule has 1 aromatic heterocycles. The van der Waals surface area contributed by atoms with Gasteiger partial charge in [-0.1, -0.05) is 11.6 Å². The quantitative estimate of drug-likeness (QED) is 0.750. The van der Waals surface area contributed by atoms with Gasteiger partial charge in [0.15, 0.2) is 0 Å². The molecule has 0 aliphatic heterocycles. The van der Waals surface area contributed by atoms with Crippen LogP contribution in [0.5, 0.6) is 0 Å². The molecule has 0 unspecified atom stereocenters. The highest BCUT2D eigenvalue weighted by Gasteiger charge is 2.02. The minimum absolute atomic E-state index is 0.689. The van der Waals surface area contributed by atoms with Gasteiger partial charge in [-0.15, -0.1) is 0 Å². The Kier molecular flexibility index (Phi) is 6.13. The summed E-state index contributed by atoms with van der Waals surface area (Å²) in [4.78, 5) is 4.21. The summed E-state index contributed by atoms with van der Waals surface area (Å²) in [5, 5.41) is 4.05. The van der Waals surface area contributed by atoms with Crippen LogP contribution in [0, 0.1) is 0 Å². The summed E-state index contributed by atoms with van der Waals surface area (Å²) >= 11 is 7.78. The van der Waals surface area contributed by atoms with Crippen LogP contribution in [0.4, 0.5) is 0 Å². The number of halogens is 1. The van der Waals surface area contributed by atoms with Gasteiger partial charge in [-0.25, -0.2) is 4.98 Å². The lowest BCUT2D eigenvalue weighted by molar-refractivity contribution is 0.610. The number of hydrogen-bond acceptors (Lipinski definition) is 3. The number of imidazole rings is 1. The van der Waals surface area contributed by atoms with Crippen molar-refractivity contribution in [2.45, 2.75) is 19.4 Å². The number of unbranched alkanes of at least 4 members (excludes halogenated alkanes) is 1. The lowest BCUT2D eigenvalue weighted by atomic mass is 10.3. The first-order valence-corrected chi connectivity index (χ1v) is 6.88. The molecule has 1 N–H and O–H groups in total. The Morgan fingerprint density at radius 3 is 2.93 bits per heavy atom. The van der Waals surface area contributed by atoms with Crippen LogP contribution in [0.3, 0.4) is 0 Å². The number of rotatable bonds is 7. The number of nitrogens with one attached hydrogen (secondary N) is 1. The molecule has 15 heavy (non-hydrogen) atoms. The predicted molar refractivity (Wildman–Crippen MR) is 67.5 cm³/mol. The smallest absolute Gasteiger partial charge is 0.128 e. The molecule has 0 aliphatic rings. The SMILES string of the molecule is CSCCCCNCc1ncc(Cl)n1C. The Hall–Kier alpha value is -0.190. The molecule has 1 heterocycles. The number of nitrogens with zero attached hydrogens (tertiary/aromatic N) is 2. The number of thioether (sulfide) groups is 1. The summed E-state index contributed by atoms with van der Waals surface area (Å²) in [6, 6.07) is 0. The normalized spacial score (nSPS) is 10.9. The van der Waals surface area contributed by atoms with Crippen LogP contribution in [0.1, 0.15) is 18.7 Å². The van der Waals surface area contributed by atoms with Gasteiger partial charge in [-0.05, 0) is 31.4 Å². The van der Waals surface area contributed by atoms with Crippen LogP contribution in [0.2, 0.25) is 5.15 Å². The largest absolute Gasteiger partial charge is 0.321 e. The second kappa shape index (κ2) is 7.14. The Morgan fingerprint density at radius 2 is 2.33 bits per heavy atom. The maximum Gasteiger partial charge on any atom is 0.128 e. The van der Waals surface area contributed by atoms with E-state index >= 15 is 0 Å². The Bertz CT molecular complexity index is 288. The van der Waals surface area contributed by atoms with E-state index in [1.807, 2.05) is 23.4 Å². The zero-order chi connectivity index (χ0) is 11.1. The van der Waals surface area contributed by atoms with Gasteiger partial charge in [0.2, 0.25) is 0 Å². The van der Waals surface area contributed by atoms with Crippen molar-refractivity contribution in [3.8, 4) is 0 Å². The Labute approximate surface area is 101 Å². The Morgan fingerprint density at radius 1 is 1.53 bits per heavy atom. The van der Waals surface area contributed by atoms with Crippen LogP contribution in [0.15, 0.2) is 6.20 Å². The third-order valence-corrected chi connectivity index (χ3v) is 3.31. The van der Waals surface area contributed by atoms with Crippen molar-refractivity contribution in [3.63, 3.8) is 0 Å². The van der Waals surface area contributed by atoms with Gasteiger partial charge in [0.05, 0.1) is 12.7 Å². The molecule has 1 aromatic rings. The maximum atomic E-state index is 5.88. The molecule has 3 nitrogen and oxygen atoms in total. The number of aromatic nitrogens is 2. The first-order chi connectivity index (χ1) is 7.25. The molecule has 86 valence electrons. The van der Waals surface area contributed by atoms with Gasteiger partial charge in [0.1, 0.15) is 11.0 Å². The van der Waals surface area contributed by atoms with Crippen molar-refractivity contribution in [1.29, 1.82) is 0 Å². The molecule has 0 radical (unpaired) electrons. The fourth-order valence-electron chi connectivity index (χ4n) is 1.29. The van der Waals surface area contributed by atoms with E-state index in [-0.39, 0.29) is 0 Å². The highest BCUT2D eigenvalue weighted by Crippen LogP contribution is 2.08. The van der Waals surface area contributed by atoms with Crippen molar-refractivity contribution in [3.05, 3.63) is 17.2 Å². The predicted octanol–water partition coefficient (Wildman–Crippen LogP) is 2.31. The lowest BCUT2D eigenvalue weighted by Crippen LogP contribution is -2.17. The molecule has 0 saturated carbocycles. The summed E-state index contributed by atoms with van der Waals surface area (Å²) in [7, 11) is 1.93. The van der Waals surface area contributed by atoms with E-state index in [1.54, 1.807) is 6.20 Å². The second-order valence-corrected chi connectivity index (χ2v) is 4.81. The third kappa shape index (κ3) is 4.45. The van der Waals surface area contributed by atoms with Gasteiger partial charge < -0.3 is 9.88 Å². The first-order valence-electron chi connectivity index (χ1n) is 5.11. The monoisotopic (exact) mass is 247 g/mol. The van der Waals surface area contributed by atoms with Crippen molar-refractivity contribution < 1.29 is 0 Å². The topological polar surface area (TPSA) is 29.9 Å². The van der Waals surface area contributed by atoms with Gasteiger partial charge in [-0.3, -0.25) is 0 Å². The minimum atomic E-state index is 0.689. The zero-order valence-electron chi connectivity index (χ0n) is 9.29. The van der Waals surface area contributed by atoms with Crippen molar-refractivity contribution in [2.24, 2.45) is 7.05 Å². The first kappa shape index (κ1) is 12.9. The summed E-state index contributed by atoms with van der Waals surface area (Å²) in [6.07, 6.45) is 6.32. The zero-order valence-corrected chi connectivity index (χ0v) is 10.9. The molecule has 0 aromatic carbocycles. The van der Waals surface area contributed by atoms with E-state index in [0.717, 1.165) is 18.9 Å². The number of hydrogen-bond donors (Lipinski definition) is 1. The molecule has 0 spiro atoms. The standard InChI is InChI=1S/C10H18ClN3S/c1-14-9(11)7-13-10(14)8-12-5-3-4-6-15-2/h7,12H,3-6,8H2,1-2H3. The molecule has 5 heteroatoms. The molecule has 0 fully saturated rings. The van der Waals surface area contributed by atoms with Gasteiger partial charge in [0.25, 0.3) is 0 Å². The van der Waals surface area contributed by atoms with Gasteiger partial charge in [-0.2, -0.15) is 11.8 Å². The van der Waals surface area contributed by atoms with Crippen LogP contribution < -0.4 is 5.32 Å². The van der Waals surface area contributed by atoms with Crippen LogP contribution >= 0.6 is 23.4 Å². The average molecular weight is 248 g/mol. The highest BCUT2D eigenvalue weighted by molar-refractivity contribution is 7.98. The highest BCUT2D eigenvalue weighted by atomic mass is 35.5. The van der Waals surface area contributed by atoms with E-state index in [4.69, 9.17) is 11.6 Å². The summed E-state index contributed by atoms with van der Waals surface area (Å²) in [6.45, 7) is 1.84. The summed E-state index contributed by atoms with van der Waals surface area (Å²) in [5.74, 6) is 2.24. The van der Waals surface area contributed by atoms with Crippen molar-refractivity contribution in [2.75, 3.05) is 18.6 Å². The second-order valence-electron chi connectivity index (χ2n) is 3.43.